The van der Waals surface area contributed by atoms with Crippen LogP contribution < -0.4 is 5.32 Å². The van der Waals surface area contributed by atoms with Crippen molar-refractivity contribution in [1.29, 1.82) is 0 Å². The highest BCUT2D eigenvalue weighted by atomic mass is 32.2. The molecular weight excluding hydrogens is 438 g/mol. The maximum Gasteiger partial charge on any atom is 0.189 e. The molecule has 1 saturated heterocycles. The molecule has 6 nitrogen and oxygen atoms in total. The van der Waals surface area contributed by atoms with Crippen LogP contribution in [0.1, 0.15) is 49.4 Å². The van der Waals surface area contributed by atoms with Crippen molar-refractivity contribution in [3.05, 3.63) is 16.8 Å². The lowest BCUT2D eigenvalue weighted by molar-refractivity contribution is 0.0378. The van der Waals surface area contributed by atoms with Crippen LogP contribution in [0.25, 0.3) is 20.4 Å². The average Bonchev–Trinajstić information content (AvgIpc) is 3.45. The SMILES string of the molecule is CCCCc1nc2sc3c(NCCCN4CCOCC4)nc(SC)nc3c2c2c1CCC2. The quantitative estimate of drug-likeness (QED) is 0.270. The molecule has 0 unspecified atom stereocenters. The molecule has 0 saturated carbocycles. The number of ether oxygens (including phenoxy) is 1. The minimum absolute atomic E-state index is 0.842. The van der Waals surface area contributed by atoms with Crippen LogP contribution in [0.2, 0.25) is 0 Å². The number of thioether (sulfide) groups is 1. The maximum absolute atomic E-state index is 5.46. The Kier molecular flexibility index (Phi) is 7.11. The zero-order valence-electron chi connectivity index (χ0n) is 19.2. The van der Waals surface area contributed by atoms with Gasteiger partial charge in [-0.2, -0.15) is 0 Å². The highest BCUT2D eigenvalue weighted by Crippen LogP contribution is 2.42. The van der Waals surface area contributed by atoms with Gasteiger partial charge in [-0.3, -0.25) is 4.90 Å². The summed E-state index contributed by atoms with van der Waals surface area (Å²) in [5.41, 5.74) is 5.45. The van der Waals surface area contributed by atoms with Crippen molar-refractivity contribution < 1.29 is 4.74 Å². The van der Waals surface area contributed by atoms with Crippen LogP contribution in [0.15, 0.2) is 5.16 Å². The summed E-state index contributed by atoms with van der Waals surface area (Å²) < 4.78 is 6.62. The van der Waals surface area contributed by atoms with Gasteiger partial charge in [0.2, 0.25) is 0 Å². The fourth-order valence-corrected chi connectivity index (χ4v) is 6.42. The normalized spacial score (nSPS) is 16.8. The van der Waals surface area contributed by atoms with Gasteiger partial charge < -0.3 is 10.1 Å². The van der Waals surface area contributed by atoms with E-state index >= 15 is 0 Å². The van der Waals surface area contributed by atoms with Crippen LogP contribution >= 0.6 is 23.1 Å². The molecule has 0 spiro atoms. The number of fused-ring (bicyclic) bond motifs is 5. The lowest BCUT2D eigenvalue weighted by Crippen LogP contribution is -2.37. The summed E-state index contributed by atoms with van der Waals surface area (Å²) in [7, 11) is 0. The van der Waals surface area contributed by atoms with Gasteiger partial charge in [-0.25, -0.2) is 15.0 Å². The van der Waals surface area contributed by atoms with Crippen molar-refractivity contribution in [2.75, 3.05) is 51.0 Å². The monoisotopic (exact) mass is 471 g/mol. The molecule has 3 aromatic heterocycles. The summed E-state index contributed by atoms with van der Waals surface area (Å²) >= 11 is 3.39. The summed E-state index contributed by atoms with van der Waals surface area (Å²) in [4.78, 5) is 18.6. The number of aromatic nitrogens is 3. The molecule has 0 radical (unpaired) electrons. The van der Waals surface area contributed by atoms with Gasteiger partial charge in [0, 0.05) is 30.7 Å². The van der Waals surface area contributed by atoms with Gasteiger partial charge in [0.15, 0.2) is 5.16 Å². The van der Waals surface area contributed by atoms with Crippen LogP contribution in [0.3, 0.4) is 0 Å². The highest BCUT2D eigenvalue weighted by molar-refractivity contribution is 7.98. The summed E-state index contributed by atoms with van der Waals surface area (Å²) in [6.07, 6.45) is 10.2. The Morgan fingerprint density at radius 3 is 2.75 bits per heavy atom. The Hall–Kier alpha value is -1.48. The average molecular weight is 472 g/mol. The first-order chi connectivity index (χ1) is 15.8. The molecule has 0 aromatic carbocycles. The molecule has 0 atom stereocenters. The third-order valence-electron chi connectivity index (χ3n) is 6.60. The van der Waals surface area contributed by atoms with Gasteiger partial charge in [0.05, 0.1) is 23.4 Å². The highest BCUT2D eigenvalue weighted by Gasteiger charge is 2.24. The Labute approximate surface area is 198 Å². The molecule has 1 N–H and O–H groups in total. The van der Waals surface area contributed by atoms with Gasteiger partial charge in [0.1, 0.15) is 10.6 Å². The molecule has 4 heterocycles. The van der Waals surface area contributed by atoms with Crippen LogP contribution in [-0.2, 0) is 24.0 Å². The number of rotatable bonds is 9. The van der Waals surface area contributed by atoms with Crippen molar-refractivity contribution >= 4 is 49.3 Å². The van der Waals surface area contributed by atoms with E-state index in [0.29, 0.717) is 0 Å². The molecule has 0 bridgehead atoms. The molecule has 3 aromatic rings. The fourth-order valence-electron chi connectivity index (χ4n) is 4.92. The van der Waals surface area contributed by atoms with Gasteiger partial charge in [-0.15, -0.1) is 11.3 Å². The van der Waals surface area contributed by atoms with Crippen LogP contribution in [0.5, 0.6) is 0 Å². The molecule has 1 fully saturated rings. The third-order valence-corrected chi connectivity index (χ3v) is 8.22. The Morgan fingerprint density at radius 1 is 1.09 bits per heavy atom. The van der Waals surface area contributed by atoms with Gasteiger partial charge >= 0.3 is 0 Å². The zero-order chi connectivity index (χ0) is 21.9. The first-order valence-electron chi connectivity index (χ1n) is 12.0. The summed E-state index contributed by atoms with van der Waals surface area (Å²) in [6.45, 7) is 8.08. The van der Waals surface area contributed by atoms with E-state index in [1.165, 1.54) is 52.6 Å². The molecule has 5 rings (SSSR count). The number of thiophene rings is 1. The van der Waals surface area contributed by atoms with Crippen molar-refractivity contribution in [3.63, 3.8) is 0 Å². The van der Waals surface area contributed by atoms with E-state index in [-0.39, 0.29) is 0 Å². The largest absolute Gasteiger partial charge is 0.379 e. The van der Waals surface area contributed by atoms with Crippen molar-refractivity contribution in [1.82, 2.24) is 19.9 Å². The van der Waals surface area contributed by atoms with Crippen molar-refractivity contribution in [2.24, 2.45) is 0 Å². The van der Waals surface area contributed by atoms with Crippen LogP contribution in [0.4, 0.5) is 5.82 Å². The number of hydrogen-bond acceptors (Lipinski definition) is 8. The first kappa shape index (κ1) is 22.3. The molecule has 172 valence electrons. The van der Waals surface area contributed by atoms with E-state index in [1.807, 2.05) is 0 Å². The second kappa shape index (κ2) is 10.2. The zero-order valence-corrected chi connectivity index (χ0v) is 20.8. The van der Waals surface area contributed by atoms with E-state index in [4.69, 9.17) is 19.7 Å². The second-order valence-electron chi connectivity index (χ2n) is 8.73. The van der Waals surface area contributed by atoms with E-state index in [1.54, 1.807) is 23.1 Å². The van der Waals surface area contributed by atoms with Crippen LogP contribution in [0, 0.1) is 0 Å². The maximum atomic E-state index is 5.46. The van der Waals surface area contributed by atoms with E-state index in [9.17, 15) is 0 Å². The summed E-state index contributed by atoms with van der Waals surface area (Å²) in [5.74, 6) is 0.978. The number of nitrogens with one attached hydrogen (secondary N) is 1. The molecular formula is C24H33N5OS2. The Bertz CT molecular complexity index is 1090. The fraction of sp³-hybridized carbons (Fsp3) is 0.625. The van der Waals surface area contributed by atoms with Crippen molar-refractivity contribution in [3.8, 4) is 0 Å². The van der Waals surface area contributed by atoms with E-state index in [2.05, 4.69) is 23.4 Å². The van der Waals surface area contributed by atoms with Gasteiger partial charge in [-0.1, -0.05) is 25.1 Å². The number of pyridine rings is 1. The number of nitrogens with zero attached hydrogens (tertiary/aromatic N) is 4. The van der Waals surface area contributed by atoms with E-state index in [0.717, 1.165) is 80.0 Å². The topological polar surface area (TPSA) is 63.2 Å². The lowest BCUT2D eigenvalue weighted by atomic mass is 10.0. The van der Waals surface area contributed by atoms with Crippen LogP contribution in [-0.4, -0.2) is 65.5 Å². The predicted molar refractivity (Wildman–Crippen MR) is 135 cm³/mol. The third kappa shape index (κ3) is 4.47. The van der Waals surface area contributed by atoms with Gasteiger partial charge in [0.25, 0.3) is 0 Å². The number of anilines is 1. The molecule has 8 heteroatoms. The summed E-state index contributed by atoms with van der Waals surface area (Å²) in [6, 6.07) is 0. The van der Waals surface area contributed by atoms with Crippen molar-refractivity contribution in [2.45, 2.75) is 57.0 Å². The first-order valence-corrected chi connectivity index (χ1v) is 14.1. The second-order valence-corrected chi connectivity index (χ2v) is 10.5. The molecule has 0 amide bonds. The number of hydrogen-bond donors (Lipinski definition) is 1. The number of aryl methyl sites for hydroxylation is 2. The lowest BCUT2D eigenvalue weighted by Gasteiger charge is -2.26. The molecule has 1 aliphatic carbocycles. The molecule has 1 aliphatic heterocycles. The number of unbranched alkanes of at least 4 members (excludes halogenated alkanes) is 1. The predicted octanol–water partition coefficient (Wildman–Crippen LogP) is 4.93. The van der Waals surface area contributed by atoms with E-state index < -0.39 is 0 Å². The minimum atomic E-state index is 0.842. The Morgan fingerprint density at radius 2 is 1.94 bits per heavy atom. The van der Waals surface area contributed by atoms with Gasteiger partial charge in [-0.05, 0) is 62.5 Å². The number of morpholine rings is 1. The standard InChI is InChI=1S/C24H33N5OS2/c1-3-4-9-18-16-7-5-8-17(16)19-20-21(32-23(19)26-18)22(28-24(27-20)31-2)25-10-6-11-29-12-14-30-15-13-29/h3-15H2,1-2H3,(H,25,27,28). The molecule has 32 heavy (non-hydrogen) atoms. The smallest absolute Gasteiger partial charge is 0.189 e. The Balaban J connectivity index is 1.46. The summed E-state index contributed by atoms with van der Waals surface area (Å²) in [5, 5.41) is 5.78. The molecule has 2 aliphatic rings. The minimum Gasteiger partial charge on any atom is -0.379 e.